The quantitative estimate of drug-likeness (QED) is 0.608. The number of benzene rings is 1. The lowest BCUT2D eigenvalue weighted by Gasteiger charge is -2.13. The van der Waals surface area contributed by atoms with Crippen LogP contribution < -0.4 is 0 Å². The van der Waals surface area contributed by atoms with Crippen LogP contribution in [0.4, 0.5) is 4.39 Å². The fourth-order valence-corrected chi connectivity index (χ4v) is 1.53. The average Bonchev–Trinajstić information content (AvgIpc) is 2.12. The van der Waals surface area contributed by atoms with E-state index in [0.29, 0.717) is 0 Å². The smallest absolute Gasteiger partial charge is 0.167 e. The fourth-order valence-electron chi connectivity index (χ4n) is 1.53. The molecule has 2 nitrogen and oxygen atoms in total. The highest BCUT2D eigenvalue weighted by Gasteiger charge is 2.25. The number of ketones is 2. The van der Waals surface area contributed by atoms with Crippen molar-refractivity contribution in [3.05, 3.63) is 35.1 Å². The molecular formula is C10H7FO2. The number of rotatable bonds is 0. The average molecular weight is 178 g/mol. The topological polar surface area (TPSA) is 34.1 Å². The molecule has 0 unspecified atom stereocenters. The maximum atomic E-state index is 13.1. The van der Waals surface area contributed by atoms with E-state index in [1.165, 1.54) is 18.2 Å². The van der Waals surface area contributed by atoms with Gasteiger partial charge in [-0.15, -0.1) is 0 Å². The number of carbonyl (C=O) groups excluding carboxylic acids is 2. The molecule has 1 aliphatic rings. The Morgan fingerprint density at radius 1 is 1.08 bits per heavy atom. The predicted octanol–water partition coefficient (Wildman–Crippen LogP) is 1.98. The van der Waals surface area contributed by atoms with Crippen LogP contribution in [0, 0.1) is 5.82 Å². The summed E-state index contributed by atoms with van der Waals surface area (Å²) in [5.74, 6) is -1.00. The van der Waals surface area contributed by atoms with Crippen LogP contribution in [0.25, 0.3) is 0 Å². The van der Waals surface area contributed by atoms with Crippen LogP contribution in [-0.4, -0.2) is 11.6 Å². The molecule has 0 aromatic heterocycles. The van der Waals surface area contributed by atoms with E-state index in [2.05, 4.69) is 0 Å². The molecular weight excluding hydrogens is 171 g/mol. The minimum Gasteiger partial charge on any atom is -0.294 e. The van der Waals surface area contributed by atoms with Crippen molar-refractivity contribution < 1.29 is 14.0 Å². The maximum Gasteiger partial charge on any atom is 0.167 e. The summed E-state index contributed by atoms with van der Waals surface area (Å²) in [6, 6.07) is 4.15. The van der Waals surface area contributed by atoms with Crippen LogP contribution in [0.3, 0.4) is 0 Å². The van der Waals surface area contributed by atoms with Crippen LogP contribution in [0.2, 0.25) is 0 Å². The zero-order valence-electron chi connectivity index (χ0n) is 6.84. The van der Waals surface area contributed by atoms with Crippen molar-refractivity contribution in [2.24, 2.45) is 0 Å². The zero-order valence-corrected chi connectivity index (χ0v) is 6.84. The standard InChI is InChI=1S/C10H7FO2/c11-7-3-1-2-6-8(12)4-5-9(13)10(6)7/h1-3H,4-5H2. The number of fused-ring (bicyclic) bond motifs is 1. The molecule has 66 valence electrons. The van der Waals surface area contributed by atoms with Crippen LogP contribution in [-0.2, 0) is 0 Å². The van der Waals surface area contributed by atoms with Crippen molar-refractivity contribution in [1.29, 1.82) is 0 Å². The summed E-state index contributed by atoms with van der Waals surface area (Å²) in [7, 11) is 0. The molecule has 0 atom stereocenters. The van der Waals surface area contributed by atoms with Crippen molar-refractivity contribution in [2.45, 2.75) is 12.8 Å². The molecule has 1 aromatic carbocycles. The minimum absolute atomic E-state index is 0.0289. The Kier molecular flexibility index (Phi) is 1.72. The van der Waals surface area contributed by atoms with Gasteiger partial charge in [0.2, 0.25) is 0 Å². The Morgan fingerprint density at radius 2 is 1.77 bits per heavy atom. The van der Waals surface area contributed by atoms with Crippen LogP contribution in [0.1, 0.15) is 33.6 Å². The first-order valence-electron chi connectivity index (χ1n) is 4.05. The second-order valence-electron chi connectivity index (χ2n) is 3.01. The summed E-state index contributed by atoms with van der Waals surface area (Å²) in [4.78, 5) is 22.5. The summed E-state index contributed by atoms with van der Waals surface area (Å²) < 4.78 is 13.1. The Labute approximate surface area is 74.4 Å². The number of halogens is 1. The van der Waals surface area contributed by atoms with E-state index in [1.54, 1.807) is 0 Å². The highest BCUT2D eigenvalue weighted by molar-refractivity contribution is 6.13. The van der Waals surface area contributed by atoms with Gasteiger partial charge in [0.15, 0.2) is 11.6 Å². The van der Waals surface area contributed by atoms with E-state index >= 15 is 0 Å². The van der Waals surface area contributed by atoms with E-state index in [-0.39, 0.29) is 35.5 Å². The number of Topliss-reactive ketones (excluding diaryl/α,β-unsaturated/α-hetero) is 2. The Balaban J connectivity index is 2.70. The summed E-state index contributed by atoms with van der Waals surface area (Å²) in [5.41, 5.74) is 0.204. The summed E-state index contributed by atoms with van der Waals surface area (Å²) in [5, 5.41) is 0. The molecule has 0 amide bonds. The summed E-state index contributed by atoms with van der Waals surface area (Å²) >= 11 is 0. The lowest BCUT2D eigenvalue weighted by Crippen LogP contribution is -2.18. The Hall–Kier alpha value is -1.51. The molecule has 0 saturated heterocycles. The zero-order chi connectivity index (χ0) is 9.42. The third-order valence-electron chi connectivity index (χ3n) is 2.17. The van der Waals surface area contributed by atoms with Gasteiger partial charge in [0.1, 0.15) is 5.82 Å². The molecule has 0 bridgehead atoms. The monoisotopic (exact) mass is 178 g/mol. The largest absolute Gasteiger partial charge is 0.294 e. The molecule has 0 spiro atoms. The highest BCUT2D eigenvalue weighted by atomic mass is 19.1. The highest BCUT2D eigenvalue weighted by Crippen LogP contribution is 2.23. The molecule has 0 heterocycles. The van der Waals surface area contributed by atoms with Crippen molar-refractivity contribution in [3.63, 3.8) is 0 Å². The van der Waals surface area contributed by atoms with E-state index in [9.17, 15) is 14.0 Å². The van der Waals surface area contributed by atoms with E-state index in [1.807, 2.05) is 0 Å². The van der Waals surface area contributed by atoms with Gasteiger partial charge in [0.05, 0.1) is 5.56 Å². The van der Waals surface area contributed by atoms with Gasteiger partial charge >= 0.3 is 0 Å². The van der Waals surface area contributed by atoms with Gasteiger partial charge in [-0.2, -0.15) is 0 Å². The first kappa shape index (κ1) is 8.10. The lowest BCUT2D eigenvalue weighted by atomic mass is 9.89. The second kappa shape index (κ2) is 2.76. The van der Waals surface area contributed by atoms with Gasteiger partial charge < -0.3 is 0 Å². The normalized spacial score (nSPS) is 15.8. The second-order valence-corrected chi connectivity index (χ2v) is 3.01. The molecule has 0 aliphatic heterocycles. The van der Waals surface area contributed by atoms with Gasteiger partial charge in [0, 0.05) is 18.4 Å². The van der Waals surface area contributed by atoms with Crippen molar-refractivity contribution in [1.82, 2.24) is 0 Å². The van der Waals surface area contributed by atoms with Gasteiger partial charge in [-0.1, -0.05) is 12.1 Å². The number of hydrogen-bond acceptors (Lipinski definition) is 2. The van der Waals surface area contributed by atoms with Crippen LogP contribution in [0.5, 0.6) is 0 Å². The first-order valence-corrected chi connectivity index (χ1v) is 4.05. The SMILES string of the molecule is O=C1CCC(=O)c2c(F)cccc21. The third-order valence-corrected chi connectivity index (χ3v) is 2.17. The van der Waals surface area contributed by atoms with Gasteiger partial charge in [-0.3, -0.25) is 9.59 Å². The first-order chi connectivity index (χ1) is 6.20. The molecule has 0 radical (unpaired) electrons. The Morgan fingerprint density at radius 3 is 2.46 bits per heavy atom. The van der Waals surface area contributed by atoms with Crippen molar-refractivity contribution in [2.75, 3.05) is 0 Å². The van der Waals surface area contributed by atoms with Crippen LogP contribution in [0.15, 0.2) is 18.2 Å². The molecule has 13 heavy (non-hydrogen) atoms. The molecule has 3 heteroatoms. The van der Waals surface area contributed by atoms with Gasteiger partial charge in [0.25, 0.3) is 0 Å². The van der Waals surface area contributed by atoms with E-state index in [0.717, 1.165) is 0 Å². The number of hydrogen-bond donors (Lipinski definition) is 0. The molecule has 0 saturated carbocycles. The summed E-state index contributed by atoms with van der Waals surface area (Å²) in [6.07, 6.45) is 0.335. The van der Waals surface area contributed by atoms with Gasteiger partial charge in [-0.25, -0.2) is 4.39 Å². The number of carbonyl (C=O) groups is 2. The van der Waals surface area contributed by atoms with E-state index in [4.69, 9.17) is 0 Å². The van der Waals surface area contributed by atoms with E-state index < -0.39 is 5.82 Å². The molecule has 0 N–H and O–H groups in total. The summed E-state index contributed by atoms with van der Waals surface area (Å²) in [6.45, 7) is 0. The maximum absolute atomic E-state index is 13.1. The van der Waals surface area contributed by atoms with Crippen molar-refractivity contribution in [3.8, 4) is 0 Å². The molecule has 1 aliphatic carbocycles. The molecule has 1 aromatic rings. The fraction of sp³-hybridized carbons (Fsp3) is 0.200. The third kappa shape index (κ3) is 1.16. The minimum atomic E-state index is -0.587. The van der Waals surface area contributed by atoms with Gasteiger partial charge in [-0.05, 0) is 6.07 Å². The molecule has 2 rings (SSSR count). The Bertz CT molecular complexity index is 396. The van der Waals surface area contributed by atoms with Crippen molar-refractivity contribution >= 4 is 11.6 Å². The van der Waals surface area contributed by atoms with Crippen LogP contribution >= 0.6 is 0 Å². The predicted molar refractivity (Wildman–Crippen MR) is 44.3 cm³/mol. The lowest BCUT2D eigenvalue weighted by molar-refractivity contribution is 0.0886. The molecule has 0 fully saturated rings.